The van der Waals surface area contributed by atoms with Crippen LogP contribution < -0.4 is 10.6 Å². The van der Waals surface area contributed by atoms with Crippen LogP contribution in [-0.2, 0) is 11.2 Å². The highest BCUT2D eigenvalue weighted by Gasteiger charge is 2.23. The van der Waals surface area contributed by atoms with Gasteiger partial charge in [-0.05, 0) is 44.5 Å². The van der Waals surface area contributed by atoms with Crippen LogP contribution in [0.3, 0.4) is 0 Å². The van der Waals surface area contributed by atoms with Crippen molar-refractivity contribution in [3.8, 4) is 11.7 Å². The first kappa shape index (κ1) is 14.8. The van der Waals surface area contributed by atoms with Crippen molar-refractivity contribution in [2.24, 2.45) is 5.92 Å². The first-order valence-electron chi connectivity index (χ1n) is 7.63. The Balaban J connectivity index is 1.64. The predicted molar refractivity (Wildman–Crippen MR) is 81.2 cm³/mol. The molecule has 2 N–H and O–H groups in total. The summed E-state index contributed by atoms with van der Waals surface area (Å²) >= 11 is 0. The van der Waals surface area contributed by atoms with Crippen LogP contribution in [0.25, 0.3) is 11.7 Å². The second kappa shape index (κ2) is 6.36. The lowest BCUT2D eigenvalue weighted by Crippen LogP contribution is -2.48. The minimum atomic E-state index is -0.0128. The zero-order valence-corrected chi connectivity index (χ0v) is 12.9. The van der Waals surface area contributed by atoms with Gasteiger partial charge in [0.15, 0.2) is 5.76 Å². The summed E-state index contributed by atoms with van der Waals surface area (Å²) in [4.78, 5) is 16.6. The average molecular weight is 303 g/mol. The van der Waals surface area contributed by atoms with Crippen molar-refractivity contribution < 1.29 is 13.6 Å². The maximum atomic E-state index is 12.2. The Hall–Kier alpha value is -2.08. The van der Waals surface area contributed by atoms with Gasteiger partial charge in [-0.1, -0.05) is 6.92 Å². The molecule has 3 rings (SSSR count). The summed E-state index contributed by atoms with van der Waals surface area (Å²) in [5.74, 6) is 2.07. The highest BCUT2D eigenvalue weighted by Crippen LogP contribution is 2.22. The Bertz CT molecular complexity index is 633. The number of amides is 1. The van der Waals surface area contributed by atoms with Gasteiger partial charge in [0.05, 0.1) is 18.4 Å². The average Bonchev–Trinajstić information content (AvgIpc) is 3.12. The Kier molecular flexibility index (Phi) is 4.29. The lowest BCUT2D eigenvalue weighted by Gasteiger charge is -2.30. The van der Waals surface area contributed by atoms with Gasteiger partial charge < -0.3 is 19.5 Å². The van der Waals surface area contributed by atoms with Crippen molar-refractivity contribution in [2.75, 3.05) is 13.1 Å². The molecule has 0 aliphatic carbocycles. The van der Waals surface area contributed by atoms with Gasteiger partial charge in [0.1, 0.15) is 5.76 Å². The van der Waals surface area contributed by atoms with E-state index in [0.29, 0.717) is 29.0 Å². The first-order chi connectivity index (χ1) is 10.6. The van der Waals surface area contributed by atoms with E-state index in [4.69, 9.17) is 8.83 Å². The molecular weight excluding hydrogens is 282 g/mol. The maximum absolute atomic E-state index is 12.2. The van der Waals surface area contributed by atoms with Crippen LogP contribution in [-0.4, -0.2) is 30.0 Å². The van der Waals surface area contributed by atoms with E-state index < -0.39 is 0 Å². The zero-order valence-electron chi connectivity index (χ0n) is 12.9. The summed E-state index contributed by atoms with van der Waals surface area (Å²) in [7, 11) is 0. The fraction of sp³-hybridized carbons (Fsp3) is 0.500. The van der Waals surface area contributed by atoms with E-state index in [1.807, 2.05) is 6.92 Å². The van der Waals surface area contributed by atoms with Gasteiger partial charge in [-0.3, -0.25) is 4.79 Å². The van der Waals surface area contributed by atoms with Crippen LogP contribution in [0.5, 0.6) is 0 Å². The third-order valence-electron chi connectivity index (χ3n) is 4.08. The van der Waals surface area contributed by atoms with Gasteiger partial charge in [0.25, 0.3) is 5.89 Å². The van der Waals surface area contributed by atoms with Gasteiger partial charge in [-0.15, -0.1) is 0 Å². The number of hydrogen-bond acceptors (Lipinski definition) is 5. The van der Waals surface area contributed by atoms with E-state index in [0.717, 1.165) is 19.5 Å². The molecule has 0 aromatic carbocycles. The molecule has 1 saturated heterocycles. The minimum absolute atomic E-state index is 0.0128. The van der Waals surface area contributed by atoms with Crippen LogP contribution in [0.2, 0.25) is 0 Å². The Morgan fingerprint density at radius 1 is 1.55 bits per heavy atom. The molecule has 6 nitrogen and oxygen atoms in total. The number of nitrogens with one attached hydrogen (secondary N) is 2. The van der Waals surface area contributed by atoms with Gasteiger partial charge >= 0.3 is 0 Å². The summed E-state index contributed by atoms with van der Waals surface area (Å²) in [6.07, 6.45) is 2.76. The summed E-state index contributed by atoms with van der Waals surface area (Å²) in [6.45, 7) is 5.85. The molecule has 0 spiro atoms. The first-order valence-corrected chi connectivity index (χ1v) is 7.63. The number of oxazole rings is 1. The van der Waals surface area contributed by atoms with E-state index in [2.05, 4.69) is 22.5 Å². The fourth-order valence-corrected chi connectivity index (χ4v) is 2.74. The molecule has 2 aromatic heterocycles. The molecule has 1 fully saturated rings. The molecule has 2 aromatic rings. The van der Waals surface area contributed by atoms with E-state index in [1.54, 1.807) is 18.4 Å². The molecule has 2 unspecified atom stereocenters. The van der Waals surface area contributed by atoms with Gasteiger partial charge in [0.2, 0.25) is 5.91 Å². The van der Waals surface area contributed by atoms with Gasteiger partial charge in [-0.2, -0.15) is 0 Å². The molecular formula is C16H21N3O3. The molecule has 1 aliphatic heterocycles. The van der Waals surface area contributed by atoms with Crippen molar-refractivity contribution >= 4 is 5.91 Å². The van der Waals surface area contributed by atoms with Crippen molar-refractivity contribution in [1.29, 1.82) is 0 Å². The fourth-order valence-electron chi connectivity index (χ4n) is 2.74. The third-order valence-corrected chi connectivity index (χ3v) is 4.08. The molecule has 6 heteroatoms. The number of piperidine rings is 1. The zero-order chi connectivity index (χ0) is 15.5. The number of carbonyl (C=O) groups is 1. The number of aromatic nitrogens is 1. The van der Waals surface area contributed by atoms with Crippen LogP contribution in [0, 0.1) is 12.8 Å². The minimum Gasteiger partial charge on any atom is -0.459 e. The largest absolute Gasteiger partial charge is 0.459 e. The lowest BCUT2D eigenvalue weighted by atomic mass is 9.95. The van der Waals surface area contributed by atoms with Crippen LogP contribution in [0.15, 0.2) is 27.2 Å². The van der Waals surface area contributed by atoms with Crippen LogP contribution in [0.1, 0.15) is 24.8 Å². The number of carbonyl (C=O) groups excluding carboxylic acids is 1. The molecule has 3 heterocycles. The molecule has 118 valence electrons. The molecule has 22 heavy (non-hydrogen) atoms. The lowest BCUT2D eigenvalue weighted by molar-refractivity contribution is -0.121. The van der Waals surface area contributed by atoms with E-state index in [1.165, 1.54) is 0 Å². The second-order valence-electron chi connectivity index (χ2n) is 5.82. The Morgan fingerprint density at radius 3 is 3.14 bits per heavy atom. The number of rotatable bonds is 4. The SMILES string of the molecule is Cc1oc(-c2ccco2)nc1CC(=O)NC1CCNCC1C. The summed E-state index contributed by atoms with van der Waals surface area (Å²) in [6, 6.07) is 3.79. The van der Waals surface area contributed by atoms with Crippen molar-refractivity contribution in [3.05, 3.63) is 29.9 Å². The number of furan rings is 1. The van der Waals surface area contributed by atoms with Crippen molar-refractivity contribution in [1.82, 2.24) is 15.6 Å². The molecule has 0 bridgehead atoms. The van der Waals surface area contributed by atoms with E-state index in [9.17, 15) is 4.79 Å². The van der Waals surface area contributed by atoms with E-state index >= 15 is 0 Å². The molecule has 2 atom stereocenters. The standard InChI is InChI=1S/C16H21N3O3/c1-10-9-17-6-5-12(10)18-15(20)8-13-11(2)22-16(19-13)14-4-3-7-21-14/h3-4,7,10,12,17H,5-6,8-9H2,1-2H3,(H,18,20). The number of aryl methyl sites for hydroxylation is 1. The Morgan fingerprint density at radius 2 is 2.41 bits per heavy atom. The van der Waals surface area contributed by atoms with Gasteiger partial charge in [0, 0.05) is 6.04 Å². The van der Waals surface area contributed by atoms with Crippen LogP contribution >= 0.6 is 0 Å². The quantitative estimate of drug-likeness (QED) is 0.901. The number of nitrogens with zero attached hydrogens (tertiary/aromatic N) is 1. The molecule has 0 saturated carbocycles. The summed E-state index contributed by atoms with van der Waals surface area (Å²) < 4.78 is 10.8. The molecule has 1 amide bonds. The Labute approximate surface area is 129 Å². The third kappa shape index (κ3) is 3.22. The maximum Gasteiger partial charge on any atom is 0.263 e. The molecule has 1 aliphatic rings. The topological polar surface area (TPSA) is 80.3 Å². The van der Waals surface area contributed by atoms with Gasteiger partial charge in [-0.25, -0.2) is 4.98 Å². The monoisotopic (exact) mass is 303 g/mol. The highest BCUT2D eigenvalue weighted by atomic mass is 16.4. The normalized spacial score (nSPS) is 21.7. The summed E-state index contributed by atoms with van der Waals surface area (Å²) in [5.41, 5.74) is 0.658. The number of hydrogen-bond donors (Lipinski definition) is 2. The molecule has 0 radical (unpaired) electrons. The van der Waals surface area contributed by atoms with E-state index in [-0.39, 0.29) is 18.4 Å². The predicted octanol–water partition coefficient (Wildman–Crippen LogP) is 1.90. The van der Waals surface area contributed by atoms with Crippen molar-refractivity contribution in [2.45, 2.75) is 32.7 Å². The smallest absolute Gasteiger partial charge is 0.263 e. The highest BCUT2D eigenvalue weighted by molar-refractivity contribution is 5.78. The van der Waals surface area contributed by atoms with Crippen molar-refractivity contribution in [3.63, 3.8) is 0 Å². The second-order valence-corrected chi connectivity index (χ2v) is 5.82. The van der Waals surface area contributed by atoms with Crippen LogP contribution in [0.4, 0.5) is 0 Å². The summed E-state index contributed by atoms with van der Waals surface area (Å²) in [5, 5.41) is 6.43.